The molecular weight excluding hydrogens is 518 g/mol. The number of primary amides is 1. The molecule has 2 aromatic heterocycles. The lowest BCUT2D eigenvalue weighted by Crippen LogP contribution is -2.33. The zero-order chi connectivity index (χ0) is 28.7. The van der Waals surface area contributed by atoms with Crippen LogP contribution in [0.15, 0.2) is 60.7 Å². The van der Waals surface area contributed by atoms with Crippen molar-refractivity contribution >= 4 is 23.0 Å². The zero-order valence-corrected chi connectivity index (χ0v) is 23.2. The van der Waals surface area contributed by atoms with E-state index in [2.05, 4.69) is 22.4 Å². The number of carbonyl (C=O) groups is 2. The van der Waals surface area contributed by atoms with Crippen LogP contribution in [0.3, 0.4) is 0 Å². The second-order valence-corrected chi connectivity index (χ2v) is 10.0. The third-order valence-electron chi connectivity index (χ3n) is 7.53. The van der Waals surface area contributed by atoms with E-state index < -0.39 is 12.0 Å². The summed E-state index contributed by atoms with van der Waals surface area (Å²) in [4.78, 5) is 34.5. The number of H-pyrrole nitrogens is 1. The van der Waals surface area contributed by atoms with Crippen molar-refractivity contribution in [3.8, 4) is 39.7 Å². The molecule has 0 saturated heterocycles. The van der Waals surface area contributed by atoms with Gasteiger partial charge in [0.15, 0.2) is 11.6 Å². The topological polar surface area (TPSA) is 131 Å². The lowest BCUT2D eigenvalue weighted by atomic mass is 10.0. The Bertz CT molecular complexity index is 1720. The molecule has 1 aliphatic heterocycles. The molecule has 1 aliphatic rings. The molecule has 3 aromatic carbocycles. The number of carbonyl (C=O) groups excluding carboxylic acids is 2. The number of benzene rings is 3. The first-order valence-electron chi connectivity index (χ1n) is 13.6. The number of amides is 2. The van der Waals surface area contributed by atoms with E-state index in [9.17, 15) is 9.59 Å². The van der Waals surface area contributed by atoms with Gasteiger partial charge in [0.05, 0.1) is 11.0 Å². The van der Waals surface area contributed by atoms with Crippen molar-refractivity contribution in [2.75, 3.05) is 13.1 Å². The van der Waals surface area contributed by atoms with Crippen molar-refractivity contribution < 1.29 is 14.3 Å². The first kappa shape index (κ1) is 26.3. The number of nitrogens with zero attached hydrogens (tertiary/aromatic N) is 4. The molecule has 0 atom stereocenters. The van der Waals surface area contributed by atoms with Crippen molar-refractivity contribution in [1.29, 1.82) is 0 Å². The number of aryl methyl sites for hydroxylation is 1. The number of imidazole rings is 1. The van der Waals surface area contributed by atoms with Crippen LogP contribution in [0.4, 0.5) is 4.79 Å². The number of rotatable bonds is 7. The van der Waals surface area contributed by atoms with Gasteiger partial charge in [-0.05, 0) is 60.4 Å². The third-order valence-corrected chi connectivity index (χ3v) is 7.53. The molecule has 0 radical (unpaired) electrons. The second-order valence-electron chi connectivity index (χ2n) is 10.0. The molecule has 0 spiro atoms. The standard InChI is InChI=1S/C31H31N7O3/c1-4-38(5-2)31(40)41-28-26(20-10-6-18(7-11-20)19-8-12-21(13-9-19)29(32)39)36-37(3)27(28)30-34-24-14-22-16-33-17-23(22)15-25(24)35-30/h6-15,33H,4-5,16-17H2,1-3H3,(H2,32,39)(H,34,35). The summed E-state index contributed by atoms with van der Waals surface area (Å²) in [6, 6.07) is 19.2. The van der Waals surface area contributed by atoms with Crippen molar-refractivity contribution in [3.63, 3.8) is 0 Å². The molecule has 0 aliphatic carbocycles. The maximum atomic E-state index is 13.2. The Labute approximate surface area is 237 Å². The van der Waals surface area contributed by atoms with Crippen LogP contribution >= 0.6 is 0 Å². The summed E-state index contributed by atoms with van der Waals surface area (Å²) in [6.07, 6.45) is -0.446. The van der Waals surface area contributed by atoms with Crippen LogP contribution in [-0.2, 0) is 20.1 Å². The fraction of sp³-hybridized carbons (Fsp3) is 0.226. The second kappa shape index (κ2) is 10.5. The van der Waals surface area contributed by atoms with E-state index in [1.807, 2.05) is 57.3 Å². The third kappa shape index (κ3) is 4.82. The lowest BCUT2D eigenvalue weighted by molar-refractivity contribution is 0.1000. The van der Waals surface area contributed by atoms with Crippen molar-refractivity contribution in [3.05, 3.63) is 77.4 Å². The van der Waals surface area contributed by atoms with Crippen LogP contribution < -0.4 is 15.8 Å². The van der Waals surface area contributed by atoms with E-state index in [1.54, 1.807) is 21.7 Å². The minimum Gasteiger partial charge on any atom is -0.405 e. The highest BCUT2D eigenvalue weighted by molar-refractivity contribution is 5.93. The molecule has 2 amide bonds. The van der Waals surface area contributed by atoms with Gasteiger partial charge >= 0.3 is 6.09 Å². The number of hydrogen-bond acceptors (Lipinski definition) is 6. The minimum atomic E-state index is -0.463. The van der Waals surface area contributed by atoms with Crippen LogP contribution in [0.2, 0.25) is 0 Å². The Morgan fingerprint density at radius 3 is 2.20 bits per heavy atom. The first-order chi connectivity index (χ1) is 19.9. The summed E-state index contributed by atoms with van der Waals surface area (Å²) >= 11 is 0. The predicted octanol–water partition coefficient (Wildman–Crippen LogP) is 4.84. The summed E-state index contributed by atoms with van der Waals surface area (Å²) in [7, 11) is 1.82. The van der Waals surface area contributed by atoms with Gasteiger partial charge in [-0.15, -0.1) is 0 Å². The van der Waals surface area contributed by atoms with Gasteiger partial charge in [0, 0.05) is 44.4 Å². The van der Waals surface area contributed by atoms with Crippen LogP contribution in [0.1, 0.15) is 35.3 Å². The van der Waals surface area contributed by atoms with E-state index in [1.165, 1.54) is 11.1 Å². The Morgan fingerprint density at radius 2 is 1.56 bits per heavy atom. The Kier molecular flexibility index (Phi) is 6.76. The summed E-state index contributed by atoms with van der Waals surface area (Å²) in [5, 5.41) is 8.15. The maximum Gasteiger partial charge on any atom is 0.415 e. The molecular formula is C31H31N7O3. The molecule has 10 nitrogen and oxygen atoms in total. The van der Waals surface area contributed by atoms with Crippen LogP contribution in [0.5, 0.6) is 5.75 Å². The van der Waals surface area contributed by atoms with Crippen molar-refractivity contribution in [2.45, 2.75) is 26.9 Å². The van der Waals surface area contributed by atoms with Gasteiger partial charge in [-0.1, -0.05) is 36.4 Å². The van der Waals surface area contributed by atoms with E-state index in [4.69, 9.17) is 20.6 Å². The number of nitrogens with two attached hydrogens (primary N) is 1. The van der Waals surface area contributed by atoms with Crippen molar-refractivity contribution in [2.24, 2.45) is 12.8 Å². The Balaban J connectivity index is 1.42. The highest BCUT2D eigenvalue weighted by Gasteiger charge is 2.27. The molecule has 0 saturated carbocycles. The Morgan fingerprint density at radius 1 is 0.951 bits per heavy atom. The predicted molar refractivity (Wildman–Crippen MR) is 157 cm³/mol. The summed E-state index contributed by atoms with van der Waals surface area (Å²) in [5.41, 5.74) is 13.9. The number of fused-ring (bicyclic) bond motifs is 2. The molecule has 5 aromatic rings. The van der Waals surface area contributed by atoms with E-state index >= 15 is 0 Å². The Hall–Kier alpha value is -4.96. The molecule has 208 valence electrons. The monoisotopic (exact) mass is 549 g/mol. The summed E-state index contributed by atoms with van der Waals surface area (Å²) < 4.78 is 7.76. The SMILES string of the molecule is CCN(CC)C(=O)Oc1c(-c2ccc(-c3ccc(C(N)=O)cc3)cc2)nn(C)c1-c1nc2cc3c(cc2[nH]1)CNC3. The molecule has 0 bridgehead atoms. The van der Waals surface area contributed by atoms with Gasteiger partial charge in [-0.25, -0.2) is 9.78 Å². The molecule has 0 fully saturated rings. The normalized spacial score (nSPS) is 12.5. The molecule has 6 rings (SSSR count). The highest BCUT2D eigenvalue weighted by Crippen LogP contribution is 2.39. The number of aromatic amines is 1. The lowest BCUT2D eigenvalue weighted by Gasteiger charge is -2.18. The van der Waals surface area contributed by atoms with Crippen LogP contribution in [0, 0.1) is 0 Å². The zero-order valence-electron chi connectivity index (χ0n) is 23.2. The van der Waals surface area contributed by atoms with E-state index in [-0.39, 0.29) is 0 Å². The van der Waals surface area contributed by atoms with E-state index in [0.29, 0.717) is 41.6 Å². The molecule has 0 unspecified atom stereocenters. The fourth-order valence-corrected chi connectivity index (χ4v) is 5.25. The van der Waals surface area contributed by atoms with Gasteiger partial charge in [0.1, 0.15) is 11.4 Å². The molecule has 4 N–H and O–H groups in total. The summed E-state index contributed by atoms with van der Waals surface area (Å²) in [6.45, 7) is 6.52. The smallest absolute Gasteiger partial charge is 0.405 e. The molecule has 41 heavy (non-hydrogen) atoms. The van der Waals surface area contributed by atoms with Gasteiger partial charge in [0.2, 0.25) is 5.91 Å². The number of ether oxygens (including phenoxy) is 1. The highest BCUT2D eigenvalue weighted by atomic mass is 16.6. The summed E-state index contributed by atoms with van der Waals surface area (Å²) in [5.74, 6) is 0.456. The average molecular weight is 550 g/mol. The largest absolute Gasteiger partial charge is 0.415 e. The van der Waals surface area contributed by atoms with Crippen LogP contribution in [-0.4, -0.2) is 49.7 Å². The first-order valence-corrected chi connectivity index (χ1v) is 13.6. The van der Waals surface area contributed by atoms with Gasteiger partial charge < -0.3 is 25.7 Å². The average Bonchev–Trinajstić information content (AvgIpc) is 3.68. The maximum absolute atomic E-state index is 13.2. The fourth-order valence-electron chi connectivity index (χ4n) is 5.25. The molecule has 10 heteroatoms. The van der Waals surface area contributed by atoms with Gasteiger partial charge in [-0.3, -0.25) is 9.48 Å². The number of hydrogen-bond donors (Lipinski definition) is 3. The minimum absolute atomic E-state index is 0.344. The van der Waals surface area contributed by atoms with E-state index in [0.717, 1.165) is 40.8 Å². The number of aromatic nitrogens is 4. The quantitative estimate of drug-likeness (QED) is 0.266. The van der Waals surface area contributed by atoms with Crippen molar-refractivity contribution in [1.82, 2.24) is 30.0 Å². The van der Waals surface area contributed by atoms with Gasteiger partial charge in [0.25, 0.3) is 0 Å². The number of nitrogens with one attached hydrogen (secondary N) is 2. The molecule has 3 heterocycles. The van der Waals surface area contributed by atoms with Crippen LogP contribution in [0.25, 0.3) is 44.9 Å². The van der Waals surface area contributed by atoms with Gasteiger partial charge in [-0.2, -0.15) is 5.10 Å².